The zero-order valence-electron chi connectivity index (χ0n) is 14.0. The highest BCUT2D eigenvalue weighted by molar-refractivity contribution is 7.09. The third-order valence-electron chi connectivity index (χ3n) is 3.79. The first-order valence-electron chi connectivity index (χ1n) is 7.77. The molecule has 2 aromatic heterocycles. The van der Waals surface area contributed by atoms with E-state index in [1.54, 1.807) is 35.2 Å². The number of thiophene rings is 1. The number of carbonyl (C=O) groups excluding carboxylic acids is 1. The van der Waals surface area contributed by atoms with Gasteiger partial charge in [-0.05, 0) is 42.1 Å². The van der Waals surface area contributed by atoms with Gasteiger partial charge in [0.25, 0.3) is 5.91 Å². The first-order chi connectivity index (χ1) is 12.1. The zero-order chi connectivity index (χ0) is 17.8. The molecule has 0 fully saturated rings. The smallest absolute Gasteiger partial charge is 0.271 e. The van der Waals surface area contributed by atoms with E-state index in [-0.39, 0.29) is 17.4 Å². The van der Waals surface area contributed by atoms with Crippen molar-refractivity contribution < 1.29 is 13.9 Å². The van der Waals surface area contributed by atoms with Crippen molar-refractivity contribution in [3.63, 3.8) is 0 Å². The summed E-state index contributed by atoms with van der Waals surface area (Å²) < 4.78 is 20.4. The van der Waals surface area contributed by atoms with Gasteiger partial charge in [-0.15, -0.1) is 11.3 Å². The van der Waals surface area contributed by atoms with Crippen LogP contribution in [0.3, 0.4) is 0 Å². The molecule has 1 aromatic carbocycles. The maximum absolute atomic E-state index is 13.6. The van der Waals surface area contributed by atoms with Crippen LogP contribution in [0.4, 0.5) is 4.39 Å². The van der Waals surface area contributed by atoms with Crippen LogP contribution in [0.2, 0.25) is 0 Å². The molecule has 0 bridgehead atoms. The lowest BCUT2D eigenvalue weighted by Gasteiger charge is -2.08. The molecule has 25 heavy (non-hydrogen) atoms. The van der Waals surface area contributed by atoms with Crippen LogP contribution in [-0.2, 0) is 13.5 Å². The first-order valence-corrected chi connectivity index (χ1v) is 8.65. The van der Waals surface area contributed by atoms with E-state index in [4.69, 9.17) is 4.74 Å². The number of ether oxygens (including phenoxy) is 1. The van der Waals surface area contributed by atoms with Gasteiger partial charge in [0.1, 0.15) is 11.6 Å². The number of nitrogens with one attached hydrogen (secondary N) is 1. The fraction of sp³-hybridized carbons (Fsp3) is 0.222. The number of carbonyl (C=O) groups is 1. The number of hydrogen-bond acceptors (Lipinski definition) is 4. The van der Waals surface area contributed by atoms with Crippen molar-refractivity contribution in [2.45, 2.75) is 6.42 Å². The minimum absolute atomic E-state index is 0.256. The van der Waals surface area contributed by atoms with E-state index in [1.165, 1.54) is 24.1 Å². The Bertz CT molecular complexity index is 875. The van der Waals surface area contributed by atoms with E-state index in [0.717, 1.165) is 6.42 Å². The highest BCUT2D eigenvalue weighted by Gasteiger charge is 2.17. The van der Waals surface area contributed by atoms with E-state index < -0.39 is 0 Å². The lowest BCUT2D eigenvalue weighted by Crippen LogP contribution is -2.26. The average Bonchev–Trinajstić information content (AvgIpc) is 3.24. The summed E-state index contributed by atoms with van der Waals surface area (Å²) >= 11 is 1.66. The van der Waals surface area contributed by atoms with Crippen LogP contribution in [0, 0.1) is 5.82 Å². The van der Waals surface area contributed by atoms with E-state index in [1.807, 2.05) is 17.5 Å². The van der Waals surface area contributed by atoms with Crippen LogP contribution in [0.1, 0.15) is 15.4 Å². The molecule has 3 aromatic rings. The minimum atomic E-state index is -0.376. The Kier molecular flexibility index (Phi) is 5.14. The average molecular weight is 359 g/mol. The third-order valence-corrected chi connectivity index (χ3v) is 4.72. The van der Waals surface area contributed by atoms with E-state index in [0.29, 0.717) is 23.6 Å². The fourth-order valence-corrected chi connectivity index (χ4v) is 3.26. The molecule has 5 nitrogen and oxygen atoms in total. The van der Waals surface area contributed by atoms with Gasteiger partial charge in [0.05, 0.1) is 12.8 Å². The van der Waals surface area contributed by atoms with Crippen LogP contribution < -0.4 is 10.1 Å². The van der Waals surface area contributed by atoms with Crippen LogP contribution in [0.5, 0.6) is 5.75 Å². The number of hydrogen-bond donors (Lipinski definition) is 1. The number of amides is 1. The molecule has 0 aliphatic rings. The quantitative estimate of drug-likeness (QED) is 0.735. The van der Waals surface area contributed by atoms with Gasteiger partial charge in [0.15, 0.2) is 5.69 Å². The Balaban J connectivity index is 1.75. The molecule has 0 saturated carbocycles. The third kappa shape index (κ3) is 3.88. The summed E-state index contributed by atoms with van der Waals surface area (Å²) in [5.74, 6) is -0.109. The summed E-state index contributed by atoms with van der Waals surface area (Å²) in [6.45, 7) is 0.536. The van der Waals surface area contributed by atoms with Gasteiger partial charge in [-0.1, -0.05) is 6.07 Å². The molecule has 0 aliphatic carbocycles. The standard InChI is InChI=1S/C18H18FN3O2S/c1-22-16(14-10-12(19)5-6-17(14)24-2)11-15(21-22)18(23)20-8-7-13-4-3-9-25-13/h3-6,9-11H,7-8H2,1-2H3,(H,20,23). The van der Waals surface area contributed by atoms with Gasteiger partial charge in [-0.25, -0.2) is 4.39 Å². The Morgan fingerprint density at radius 3 is 2.92 bits per heavy atom. The molecule has 1 N–H and O–H groups in total. The Morgan fingerprint density at radius 2 is 2.20 bits per heavy atom. The Labute approximate surface area is 149 Å². The lowest BCUT2D eigenvalue weighted by molar-refractivity contribution is 0.0948. The summed E-state index contributed by atoms with van der Waals surface area (Å²) in [5.41, 5.74) is 1.45. The molecule has 130 valence electrons. The molecule has 2 heterocycles. The summed E-state index contributed by atoms with van der Waals surface area (Å²) in [6, 6.07) is 9.91. The van der Waals surface area contributed by atoms with Crippen LogP contribution in [0.25, 0.3) is 11.3 Å². The number of halogens is 1. The van der Waals surface area contributed by atoms with Crippen LogP contribution in [-0.4, -0.2) is 29.3 Å². The maximum atomic E-state index is 13.6. The summed E-state index contributed by atoms with van der Waals surface area (Å²) in [4.78, 5) is 13.5. The fourth-order valence-electron chi connectivity index (χ4n) is 2.56. The van der Waals surface area contributed by atoms with Gasteiger partial charge in [-0.2, -0.15) is 5.10 Å². The predicted octanol–water partition coefficient (Wildman–Crippen LogP) is 3.27. The molecular weight excluding hydrogens is 341 g/mol. The normalized spacial score (nSPS) is 10.7. The van der Waals surface area contributed by atoms with Crippen LogP contribution in [0.15, 0.2) is 41.8 Å². The molecule has 1 amide bonds. The predicted molar refractivity (Wildman–Crippen MR) is 95.5 cm³/mol. The van der Waals surface area contributed by atoms with Crippen molar-refractivity contribution in [3.8, 4) is 17.0 Å². The molecule has 0 atom stereocenters. The highest BCUT2D eigenvalue weighted by atomic mass is 32.1. The van der Waals surface area contributed by atoms with Gasteiger partial charge >= 0.3 is 0 Å². The monoisotopic (exact) mass is 359 g/mol. The molecule has 7 heteroatoms. The Hall–Kier alpha value is -2.67. The first kappa shape index (κ1) is 17.2. The van der Waals surface area contributed by atoms with Crippen molar-refractivity contribution in [3.05, 3.63) is 58.2 Å². The van der Waals surface area contributed by atoms with Crippen molar-refractivity contribution in [1.29, 1.82) is 0 Å². The van der Waals surface area contributed by atoms with E-state index in [2.05, 4.69) is 10.4 Å². The molecule has 0 aliphatic heterocycles. The van der Waals surface area contributed by atoms with E-state index in [9.17, 15) is 9.18 Å². The highest BCUT2D eigenvalue weighted by Crippen LogP contribution is 2.30. The summed E-state index contributed by atoms with van der Waals surface area (Å²) in [7, 11) is 3.23. The summed E-state index contributed by atoms with van der Waals surface area (Å²) in [6.07, 6.45) is 0.779. The van der Waals surface area contributed by atoms with Gasteiger partial charge in [0.2, 0.25) is 0 Å². The maximum Gasteiger partial charge on any atom is 0.271 e. The molecular formula is C18H18FN3O2S. The summed E-state index contributed by atoms with van der Waals surface area (Å²) in [5, 5.41) is 9.10. The Morgan fingerprint density at radius 1 is 1.36 bits per heavy atom. The topological polar surface area (TPSA) is 56.1 Å². The van der Waals surface area contributed by atoms with Gasteiger partial charge in [-0.3, -0.25) is 9.48 Å². The minimum Gasteiger partial charge on any atom is -0.496 e. The SMILES string of the molecule is COc1ccc(F)cc1-c1cc(C(=O)NCCc2cccs2)nn1C. The largest absolute Gasteiger partial charge is 0.496 e. The van der Waals surface area contributed by atoms with Gasteiger partial charge in [0, 0.05) is 24.0 Å². The van der Waals surface area contributed by atoms with Crippen molar-refractivity contribution >= 4 is 17.2 Å². The molecule has 0 unspecified atom stereocenters. The number of rotatable bonds is 6. The second-order valence-electron chi connectivity index (χ2n) is 5.47. The number of nitrogens with zero attached hydrogens (tertiary/aromatic N) is 2. The molecule has 3 rings (SSSR count). The molecule has 0 spiro atoms. The second kappa shape index (κ2) is 7.48. The van der Waals surface area contributed by atoms with Crippen molar-refractivity contribution in [2.75, 3.05) is 13.7 Å². The molecule has 0 radical (unpaired) electrons. The second-order valence-corrected chi connectivity index (χ2v) is 6.50. The number of methoxy groups -OCH3 is 1. The van der Waals surface area contributed by atoms with Gasteiger partial charge < -0.3 is 10.1 Å². The molecule has 0 saturated heterocycles. The number of aromatic nitrogens is 2. The van der Waals surface area contributed by atoms with Crippen molar-refractivity contribution in [2.24, 2.45) is 7.05 Å². The number of aryl methyl sites for hydroxylation is 1. The van der Waals surface area contributed by atoms with Crippen LogP contribution >= 0.6 is 11.3 Å². The van der Waals surface area contributed by atoms with E-state index >= 15 is 0 Å². The lowest BCUT2D eigenvalue weighted by atomic mass is 10.1. The zero-order valence-corrected chi connectivity index (χ0v) is 14.8. The van der Waals surface area contributed by atoms with Crippen molar-refractivity contribution in [1.82, 2.24) is 15.1 Å². The number of benzene rings is 1.